The molecule has 2 aliphatic heterocycles. The predicted molar refractivity (Wildman–Crippen MR) is 86.8 cm³/mol. The highest BCUT2D eigenvalue weighted by Gasteiger charge is 2.36. The maximum Gasteiger partial charge on any atom is 0.227 e. The van der Waals surface area contributed by atoms with Crippen molar-refractivity contribution in [2.75, 3.05) is 36.5 Å². The summed E-state index contributed by atoms with van der Waals surface area (Å²) in [6.07, 6.45) is 7.29. The van der Waals surface area contributed by atoms with E-state index in [9.17, 15) is 13.2 Å². The molecule has 126 valence electrons. The SMILES string of the molecule is CN(C(=O)[C@H]1CCCN(c2cnccn2)C1)[C@H]1CCS(=O)(=O)C1. The maximum atomic E-state index is 12.7. The van der Waals surface area contributed by atoms with Crippen molar-refractivity contribution in [2.45, 2.75) is 25.3 Å². The fraction of sp³-hybridized carbons (Fsp3) is 0.667. The van der Waals surface area contributed by atoms with Gasteiger partial charge >= 0.3 is 0 Å². The average molecular weight is 338 g/mol. The topological polar surface area (TPSA) is 83.5 Å². The van der Waals surface area contributed by atoms with Crippen molar-refractivity contribution < 1.29 is 13.2 Å². The fourth-order valence-electron chi connectivity index (χ4n) is 3.39. The van der Waals surface area contributed by atoms with Crippen LogP contribution < -0.4 is 4.90 Å². The van der Waals surface area contributed by atoms with Crippen LogP contribution in [0.5, 0.6) is 0 Å². The van der Waals surface area contributed by atoms with E-state index in [2.05, 4.69) is 14.9 Å². The van der Waals surface area contributed by atoms with E-state index in [4.69, 9.17) is 0 Å². The molecular weight excluding hydrogens is 316 g/mol. The van der Waals surface area contributed by atoms with Crippen LogP contribution in [-0.2, 0) is 14.6 Å². The molecule has 2 atom stereocenters. The quantitative estimate of drug-likeness (QED) is 0.790. The number of amides is 1. The van der Waals surface area contributed by atoms with Gasteiger partial charge in [-0.15, -0.1) is 0 Å². The van der Waals surface area contributed by atoms with Crippen molar-refractivity contribution in [3.05, 3.63) is 18.6 Å². The Balaban J connectivity index is 1.65. The first-order chi connectivity index (χ1) is 11.0. The van der Waals surface area contributed by atoms with Crippen molar-refractivity contribution in [1.29, 1.82) is 0 Å². The van der Waals surface area contributed by atoms with E-state index in [1.807, 2.05) is 0 Å². The Hall–Kier alpha value is -1.70. The molecule has 8 heteroatoms. The Morgan fingerprint density at radius 3 is 2.83 bits per heavy atom. The van der Waals surface area contributed by atoms with Crippen LogP contribution in [-0.4, -0.2) is 66.9 Å². The van der Waals surface area contributed by atoms with Crippen LogP contribution in [0.2, 0.25) is 0 Å². The lowest BCUT2D eigenvalue weighted by Gasteiger charge is -2.35. The Bertz CT molecular complexity index is 665. The first-order valence-electron chi connectivity index (χ1n) is 7.94. The molecular formula is C15H22N4O3S. The van der Waals surface area contributed by atoms with Crippen LogP contribution in [0.4, 0.5) is 5.82 Å². The number of sulfone groups is 1. The lowest BCUT2D eigenvalue weighted by atomic mass is 9.96. The number of rotatable bonds is 3. The van der Waals surface area contributed by atoms with E-state index in [0.29, 0.717) is 13.0 Å². The average Bonchev–Trinajstić information content (AvgIpc) is 2.94. The highest BCUT2D eigenvalue weighted by molar-refractivity contribution is 7.91. The molecule has 0 unspecified atom stereocenters. The predicted octanol–water partition coefficient (Wildman–Crippen LogP) is 0.338. The molecule has 0 spiro atoms. The summed E-state index contributed by atoms with van der Waals surface area (Å²) in [6, 6.07) is -0.181. The van der Waals surface area contributed by atoms with Crippen molar-refractivity contribution in [3.63, 3.8) is 0 Å². The van der Waals surface area contributed by atoms with Crippen molar-refractivity contribution in [3.8, 4) is 0 Å². The van der Waals surface area contributed by atoms with Gasteiger partial charge in [0, 0.05) is 38.6 Å². The minimum Gasteiger partial charge on any atom is -0.355 e. The van der Waals surface area contributed by atoms with Crippen LogP contribution in [0.15, 0.2) is 18.6 Å². The van der Waals surface area contributed by atoms with Crippen molar-refractivity contribution in [1.82, 2.24) is 14.9 Å². The van der Waals surface area contributed by atoms with Crippen LogP contribution in [0, 0.1) is 5.92 Å². The minimum atomic E-state index is -2.98. The molecule has 0 bridgehead atoms. The molecule has 2 aliphatic rings. The van der Waals surface area contributed by atoms with Gasteiger partial charge in [-0.1, -0.05) is 0 Å². The van der Waals surface area contributed by atoms with Gasteiger partial charge in [0.15, 0.2) is 9.84 Å². The van der Waals surface area contributed by atoms with E-state index in [0.717, 1.165) is 25.2 Å². The van der Waals surface area contributed by atoms with Gasteiger partial charge in [0.1, 0.15) is 5.82 Å². The van der Waals surface area contributed by atoms with Gasteiger partial charge in [-0.25, -0.2) is 13.4 Å². The minimum absolute atomic E-state index is 0.0423. The molecule has 0 aromatic carbocycles. The largest absolute Gasteiger partial charge is 0.355 e. The first-order valence-corrected chi connectivity index (χ1v) is 9.76. The highest BCUT2D eigenvalue weighted by atomic mass is 32.2. The Morgan fingerprint density at radius 1 is 1.35 bits per heavy atom. The molecule has 2 fully saturated rings. The monoisotopic (exact) mass is 338 g/mol. The standard InChI is InChI=1S/C15H22N4O3S/c1-18(13-4-8-23(21,22)11-13)15(20)12-3-2-7-19(10-12)14-9-16-5-6-17-14/h5-6,9,12-13H,2-4,7-8,10-11H2,1H3/t12-,13-/m0/s1. The van der Waals surface area contributed by atoms with Gasteiger partial charge in [0.2, 0.25) is 5.91 Å². The normalized spacial score (nSPS) is 26.9. The third-order valence-electron chi connectivity index (χ3n) is 4.75. The van der Waals surface area contributed by atoms with Crippen LogP contribution in [0.1, 0.15) is 19.3 Å². The summed E-state index contributed by atoms with van der Waals surface area (Å²) in [5, 5.41) is 0. The van der Waals surface area contributed by atoms with Gasteiger partial charge < -0.3 is 9.80 Å². The number of nitrogens with zero attached hydrogens (tertiary/aromatic N) is 4. The summed E-state index contributed by atoms with van der Waals surface area (Å²) in [7, 11) is -1.25. The van der Waals surface area contributed by atoms with Gasteiger partial charge in [0.05, 0.1) is 23.6 Å². The summed E-state index contributed by atoms with van der Waals surface area (Å²) < 4.78 is 23.2. The Kier molecular flexibility index (Phi) is 4.52. The molecule has 23 heavy (non-hydrogen) atoms. The summed E-state index contributed by atoms with van der Waals surface area (Å²) >= 11 is 0. The summed E-state index contributed by atoms with van der Waals surface area (Å²) in [6.45, 7) is 1.48. The van der Waals surface area contributed by atoms with E-state index in [1.54, 1.807) is 30.5 Å². The van der Waals surface area contributed by atoms with Crippen LogP contribution >= 0.6 is 0 Å². The number of carbonyl (C=O) groups is 1. The zero-order valence-corrected chi connectivity index (χ0v) is 14.1. The fourth-order valence-corrected chi connectivity index (χ4v) is 5.16. The molecule has 0 saturated carbocycles. The lowest BCUT2D eigenvalue weighted by molar-refractivity contribution is -0.136. The van der Waals surface area contributed by atoms with Crippen LogP contribution in [0.3, 0.4) is 0 Å². The second-order valence-corrected chi connectivity index (χ2v) is 8.58. The molecule has 3 rings (SSSR count). The zero-order chi connectivity index (χ0) is 16.4. The van der Waals surface area contributed by atoms with E-state index in [1.165, 1.54) is 0 Å². The van der Waals surface area contributed by atoms with Gasteiger partial charge in [0.25, 0.3) is 0 Å². The number of carbonyl (C=O) groups excluding carboxylic acids is 1. The molecule has 1 aromatic heterocycles. The Labute approximate surface area is 136 Å². The van der Waals surface area contributed by atoms with Crippen LogP contribution in [0.25, 0.3) is 0 Å². The maximum absolute atomic E-state index is 12.7. The molecule has 0 aliphatic carbocycles. The van der Waals surface area contributed by atoms with E-state index in [-0.39, 0.29) is 29.4 Å². The van der Waals surface area contributed by atoms with Gasteiger partial charge in [-0.3, -0.25) is 9.78 Å². The highest BCUT2D eigenvalue weighted by Crippen LogP contribution is 2.25. The molecule has 0 radical (unpaired) electrons. The van der Waals surface area contributed by atoms with Crippen molar-refractivity contribution >= 4 is 21.6 Å². The van der Waals surface area contributed by atoms with Gasteiger partial charge in [-0.05, 0) is 19.3 Å². The second-order valence-electron chi connectivity index (χ2n) is 6.35. The third kappa shape index (κ3) is 3.63. The zero-order valence-electron chi connectivity index (χ0n) is 13.3. The number of hydrogen-bond acceptors (Lipinski definition) is 6. The smallest absolute Gasteiger partial charge is 0.227 e. The molecule has 3 heterocycles. The Morgan fingerprint density at radius 2 is 2.17 bits per heavy atom. The van der Waals surface area contributed by atoms with Gasteiger partial charge in [-0.2, -0.15) is 0 Å². The van der Waals surface area contributed by atoms with Crippen molar-refractivity contribution in [2.24, 2.45) is 5.92 Å². The number of anilines is 1. The molecule has 7 nitrogen and oxygen atoms in total. The summed E-state index contributed by atoms with van der Waals surface area (Å²) in [4.78, 5) is 24.8. The number of hydrogen-bond donors (Lipinski definition) is 0. The molecule has 1 amide bonds. The first kappa shape index (κ1) is 16.2. The van der Waals surface area contributed by atoms with E-state index < -0.39 is 9.84 Å². The second kappa shape index (κ2) is 6.43. The molecule has 1 aromatic rings. The third-order valence-corrected chi connectivity index (χ3v) is 6.50. The number of aromatic nitrogens is 2. The summed E-state index contributed by atoms with van der Waals surface area (Å²) in [5.41, 5.74) is 0. The number of piperidine rings is 1. The lowest BCUT2D eigenvalue weighted by Crippen LogP contribution is -2.47. The molecule has 2 saturated heterocycles. The summed E-state index contributed by atoms with van der Waals surface area (Å²) in [5.74, 6) is 0.998. The van der Waals surface area contributed by atoms with E-state index >= 15 is 0 Å². The molecule has 0 N–H and O–H groups in total.